The number of carbonyl (C=O) groups is 2. The SMILES string of the molecule is CC(=O)OC1(C(=O)O)O[C@@H](C(O)C(O)CO)[C@H](N)[C@@H](O)C1C. The van der Waals surface area contributed by atoms with E-state index in [1.165, 1.54) is 6.92 Å². The number of hydrogen-bond donors (Lipinski definition) is 6. The topological polar surface area (TPSA) is 180 Å². The third kappa shape index (κ3) is 3.21. The molecule has 7 N–H and O–H groups in total. The van der Waals surface area contributed by atoms with Crippen LogP contribution in [0.15, 0.2) is 0 Å². The number of esters is 1. The molecular formula is C12H21NO9. The van der Waals surface area contributed by atoms with E-state index in [-0.39, 0.29) is 0 Å². The molecule has 10 nitrogen and oxygen atoms in total. The van der Waals surface area contributed by atoms with Gasteiger partial charge in [-0.05, 0) is 0 Å². The zero-order valence-electron chi connectivity index (χ0n) is 12.1. The van der Waals surface area contributed by atoms with Crippen LogP contribution in [-0.4, -0.2) is 80.3 Å². The van der Waals surface area contributed by atoms with Gasteiger partial charge in [-0.2, -0.15) is 0 Å². The van der Waals surface area contributed by atoms with Gasteiger partial charge in [-0.25, -0.2) is 4.79 Å². The maximum atomic E-state index is 11.5. The van der Waals surface area contributed by atoms with Gasteiger partial charge in [0, 0.05) is 6.92 Å². The first-order chi connectivity index (χ1) is 10.1. The van der Waals surface area contributed by atoms with E-state index < -0.39 is 60.7 Å². The van der Waals surface area contributed by atoms with Crippen LogP contribution in [0.3, 0.4) is 0 Å². The number of aliphatic hydroxyl groups is 4. The standard InChI is InChI=1S/C12H21NO9/c1-4-8(17)7(13)10(9(18)6(16)3-14)22-12(4,11(19)20)21-5(2)15/h4,6-10,14,16-18H,3,13H2,1-2H3,(H,19,20)/t4?,6?,7-,8+,9?,10-,12?/m1/s1. The maximum Gasteiger partial charge on any atom is 0.377 e. The molecule has 10 heteroatoms. The van der Waals surface area contributed by atoms with Crippen molar-refractivity contribution in [3.63, 3.8) is 0 Å². The highest BCUT2D eigenvalue weighted by Gasteiger charge is 2.60. The Hall–Kier alpha value is -1.30. The van der Waals surface area contributed by atoms with E-state index in [0.29, 0.717) is 0 Å². The molecule has 1 aliphatic rings. The first kappa shape index (κ1) is 18.7. The van der Waals surface area contributed by atoms with E-state index in [2.05, 4.69) is 0 Å². The fourth-order valence-electron chi connectivity index (χ4n) is 2.38. The molecule has 0 spiro atoms. The molecule has 0 radical (unpaired) electrons. The summed E-state index contributed by atoms with van der Waals surface area (Å²) in [6.07, 6.45) is -6.56. The van der Waals surface area contributed by atoms with Crippen molar-refractivity contribution in [2.45, 2.75) is 50.1 Å². The van der Waals surface area contributed by atoms with E-state index in [1.54, 1.807) is 0 Å². The number of aliphatic hydroxyl groups excluding tert-OH is 4. The summed E-state index contributed by atoms with van der Waals surface area (Å²) in [6, 6.07) is -1.27. The quantitative estimate of drug-likeness (QED) is 0.281. The summed E-state index contributed by atoms with van der Waals surface area (Å²) in [7, 11) is 0. The molecule has 0 aromatic heterocycles. The number of nitrogens with two attached hydrogens (primary N) is 1. The molecule has 1 rings (SSSR count). The first-order valence-electron chi connectivity index (χ1n) is 6.60. The Morgan fingerprint density at radius 2 is 1.95 bits per heavy atom. The van der Waals surface area contributed by atoms with Crippen molar-refractivity contribution in [3.8, 4) is 0 Å². The predicted octanol–water partition coefficient (Wildman–Crippen LogP) is -3.23. The van der Waals surface area contributed by atoms with E-state index in [0.717, 1.165) is 6.92 Å². The number of rotatable bonds is 5. The Bertz CT molecular complexity index is 427. The zero-order valence-corrected chi connectivity index (χ0v) is 12.1. The van der Waals surface area contributed by atoms with E-state index >= 15 is 0 Å². The van der Waals surface area contributed by atoms with Crippen LogP contribution in [0.5, 0.6) is 0 Å². The molecule has 0 amide bonds. The highest BCUT2D eigenvalue weighted by atomic mass is 16.7. The number of aliphatic carboxylic acids is 1. The molecule has 0 saturated carbocycles. The van der Waals surface area contributed by atoms with Crippen molar-refractivity contribution in [2.24, 2.45) is 11.7 Å². The van der Waals surface area contributed by atoms with Crippen LogP contribution in [0.25, 0.3) is 0 Å². The maximum absolute atomic E-state index is 11.5. The fraction of sp³-hybridized carbons (Fsp3) is 0.833. The molecule has 1 aliphatic heterocycles. The molecule has 4 unspecified atom stereocenters. The summed E-state index contributed by atoms with van der Waals surface area (Å²) < 4.78 is 9.91. The largest absolute Gasteiger partial charge is 0.476 e. The van der Waals surface area contributed by atoms with Crippen molar-refractivity contribution in [2.75, 3.05) is 6.61 Å². The number of carboxylic acid groups (broad SMARTS) is 1. The van der Waals surface area contributed by atoms with E-state index in [4.69, 9.17) is 20.3 Å². The molecular weight excluding hydrogens is 302 g/mol. The minimum absolute atomic E-state index is 0.840. The number of carbonyl (C=O) groups excluding carboxylic acids is 1. The third-order valence-corrected chi connectivity index (χ3v) is 3.71. The van der Waals surface area contributed by atoms with Crippen LogP contribution in [-0.2, 0) is 19.1 Å². The van der Waals surface area contributed by atoms with Gasteiger partial charge in [0.25, 0.3) is 0 Å². The number of hydrogen-bond acceptors (Lipinski definition) is 9. The van der Waals surface area contributed by atoms with E-state index in [1.807, 2.05) is 0 Å². The van der Waals surface area contributed by atoms with Gasteiger partial charge in [-0.15, -0.1) is 0 Å². The van der Waals surface area contributed by atoms with Gasteiger partial charge in [0.2, 0.25) is 0 Å². The lowest BCUT2D eigenvalue weighted by Crippen LogP contribution is -2.70. The van der Waals surface area contributed by atoms with Gasteiger partial charge in [0.05, 0.1) is 24.7 Å². The van der Waals surface area contributed by atoms with Crippen molar-refractivity contribution >= 4 is 11.9 Å². The predicted molar refractivity (Wildman–Crippen MR) is 69.3 cm³/mol. The molecule has 1 fully saturated rings. The van der Waals surface area contributed by atoms with Crippen LogP contribution in [0.1, 0.15) is 13.8 Å². The van der Waals surface area contributed by atoms with Gasteiger partial charge in [-0.1, -0.05) is 6.92 Å². The molecule has 1 saturated heterocycles. The van der Waals surface area contributed by atoms with Crippen molar-refractivity contribution in [3.05, 3.63) is 0 Å². The van der Waals surface area contributed by atoms with Crippen LogP contribution < -0.4 is 5.73 Å². The Morgan fingerprint density at radius 1 is 1.41 bits per heavy atom. The van der Waals surface area contributed by atoms with Gasteiger partial charge < -0.3 is 40.7 Å². The lowest BCUT2D eigenvalue weighted by molar-refractivity contribution is -0.319. The Labute approximate surface area is 126 Å². The summed E-state index contributed by atoms with van der Waals surface area (Å²) in [5.74, 6) is -6.48. The average Bonchev–Trinajstić information content (AvgIpc) is 2.45. The van der Waals surface area contributed by atoms with Crippen LogP contribution >= 0.6 is 0 Å². The summed E-state index contributed by atoms with van der Waals surface area (Å²) in [5, 5.41) is 47.7. The molecule has 0 aromatic carbocycles. The highest BCUT2D eigenvalue weighted by molar-refractivity contribution is 5.80. The molecule has 22 heavy (non-hydrogen) atoms. The van der Waals surface area contributed by atoms with Gasteiger partial charge >= 0.3 is 17.7 Å². The van der Waals surface area contributed by atoms with Crippen LogP contribution in [0, 0.1) is 5.92 Å². The zero-order chi connectivity index (χ0) is 17.2. The lowest BCUT2D eigenvalue weighted by Gasteiger charge is -2.48. The van der Waals surface area contributed by atoms with Crippen molar-refractivity contribution in [1.82, 2.24) is 0 Å². The molecule has 0 aromatic rings. The summed E-state index contributed by atoms with van der Waals surface area (Å²) in [5.41, 5.74) is 5.70. The van der Waals surface area contributed by atoms with Crippen LogP contribution in [0.4, 0.5) is 0 Å². The first-order valence-corrected chi connectivity index (χ1v) is 6.60. The third-order valence-electron chi connectivity index (χ3n) is 3.71. The smallest absolute Gasteiger partial charge is 0.377 e. The highest BCUT2D eigenvalue weighted by Crippen LogP contribution is 2.37. The Kier molecular flexibility index (Phi) is 5.84. The summed E-state index contributed by atoms with van der Waals surface area (Å²) in [4.78, 5) is 22.7. The van der Waals surface area contributed by atoms with Crippen molar-refractivity contribution in [1.29, 1.82) is 0 Å². The van der Waals surface area contributed by atoms with Gasteiger partial charge in [-0.3, -0.25) is 4.79 Å². The molecule has 1 heterocycles. The summed E-state index contributed by atoms with van der Waals surface area (Å²) >= 11 is 0. The van der Waals surface area contributed by atoms with E-state index in [9.17, 15) is 30.0 Å². The summed E-state index contributed by atoms with van der Waals surface area (Å²) in [6.45, 7) is 1.37. The van der Waals surface area contributed by atoms with Gasteiger partial charge in [0.1, 0.15) is 18.3 Å². The minimum atomic E-state index is -2.57. The average molecular weight is 323 g/mol. The molecule has 0 aliphatic carbocycles. The normalized spacial score (nSPS) is 38.1. The molecule has 0 bridgehead atoms. The molecule has 7 atom stereocenters. The second-order valence-corrected chi connectivity index (χ2v) is 5.25. The Balaban J connectivity index is 3.22. The Morgan fingerprint density at radius 3 is 2.36 bits per heavy atom. The van der Waals surface area contributed by atoms with Crippen molar-refractivity contribution < 1.29 is 44.6 Å². The molecule has 128 valence electrons. The monoisotopic (exact) mass is 323 g/mol. The van der Waals surface area contributed by atoms with Crippen LogP contribution in [0.2, 0.25) is 0 Å². The second-order valence-electron chi connectivity index (χ2n) is 5.25. The van der Waals surface area contributed by atoms with Gasteiger partial charge in [0.15, 0.2) is 0 Å². The number of carboxylic acids is 1. The number of ether oxygens (including phenoxy) is 2. The lowest BCUT2D eigenvalue weighted by atomic mass is 9.82. The minimum Gasteiger partial charge on any atom is -0.476 e. The second kappa shape index (κ2) is 6.86. The fourth-order valence-corrected chi connectivity index (χ4v) is 2.38.